The van der Waals surface area contributed by atoms with Crippen LogP contribution in [0.5, 0.6) is 0 Å². The zero-order chi connectivity index (χ0) is 12.4. The minimum Gasteiger partial charge on any atom is -0.461 e. The zero-order valence-corrected chi connectivity index (χ0v) is 10.7. The van der Waals surface area contributed by atoms with Crippen LogP contribution in [0.1, 0.15) is 29.8 Å². The van der Waals surface area contributed by atoms with Crippen LogP contribution in [-0.4, -0.2) is 54.3 Å². The summed E-state index contributed by atoms with van der Waals surface area (Å²) in [4.78, 5) is 16.8. The SMILES string of the molecule is O=C(CN1CCC(N2CCCC2)C1)c1ccco1. The van der Waals surface area contributed by atoms with Crippen molar-refractivity contribution in [2.24, 2.45) is 0 Å². The Morgan fingerprint density at radius 3 is 2.89 bits per heavy atom. The molecule has 0 amide bonds. The van der Waals surface area contributed by atoms with Gasteiger partial charge in [0.2, 0.25) is 5.78 Å². The molecular weight excluding hydrogens is 228 g/mol. The fourth-order valence-electron chi connectivity index (χ4n) is 3.08. The number of furan rings is 1. The van der Waals surface area contributed by atoms with Crippen LogP contribution in [0.2, 0.25) is 0 Å². The summed E-state index contributed by atoms with van der Waals surface area (Å²) in [5.74, 6) is 0.585. The summed E-state index contributed by atoms with van der Waals surface area (Å²) in [6, 6.07) is 4.18. The van der Waals surface area contributed by atoms with Crippen molar-refractivity contribution < 1.29 is 9.21 Å². The van der Waals surface area contributed by atoms with Gasteiger partial charge in [-0.15, -0.1) is 0 Å². The second-order valence-corrected chi connectivity index (χ2v) is 5.32. The van der Waals surface area contributed by atoms with Crippen LogP contribution in [0.25, 0.3) is 0 Å². The van der Waals surface area contributed by atoms with E-state index in [2.05, 4.69) is 9.80 Å². The van der Waals surface area contributed by atoms with Gasteiger partial charge in [0.05, 0.1) is 12.8 Å². The largest absolute Gasteiger partial charge is 0.461 e. The first-order valence-corrected chi connectivity index (χ1v) is 6.86. The van der Waals surface area contributed by atoms with Crippen LogP contribution < -0.4 is 0 Å². The van der Waals surface area contributed by atoms with Crippen molar-refractivity contribution in [1.82, 2.24) is 9.80 Å². The van der Waals surface area contributed by atoms with E-state index in [1.165, 1.54) is 32.4 Å². The molecule has 18 heavy (non-hydrogen) atoms. The second-order valence-electron chi connectivity index (χ2n) is 5.32. The smallest absolute Gasteiger partial charge is 0.211 e. The Morgan fingerprint density at radius 2 is 2.17 bits per heavy atom. The topological polar surface area (TPSA) is 36.7 Å². The number of hydrogen-bond donors (Lipinski definition) is 0. The Kier molecular flexibility index (Phi) is 3.48. The van der Waals surface area contributed by atoms with Crippen LogP contribution >= 0.6 is 0 Å². The molecule has 1 aromatic rings. The third-order valence-corrected chi connectivity index (χ3v) is 4.07. The number of hydrogen-bond acceptors (Lipinski definition) is 4. The van der Waals surface area contributed by atoms with Crippen molar-refractivity contribution in [3.8, 4) is 0 Å². The van der Waals surface area contributed by atoms with Gasteiger partial charge in [-0.2, -0.15) is 0 Å². The maximum atomic E-state index is 11.9. The average Bonchev–Trinajstić information content (AvgIpc) is 3.12. The number of rotatable bonds is 4. The molecule has 4 heteroatoms. The molecule has 3 rings (SSSR count). The summed E-state index contributed by atoms with van der Waals surface area (Å²) >= 11 is 0. The highest BCUT2D eigenvalue weighted by atomic mass is 16.3. The van der Waals surface area contributed by atoms with E-state index in [4.69, 9.17) is 4.42 Å². The molecule has 3 heterocycles. The maximum absolute atomic E-state index is 11.9. The van der Waals surface area contributed by atoms with E-state index in [0.29, 0.717) is 18.3 Å². The van der Waals surface area contributed by atoms with E-state index >= 15 is 0 Å². The second kappa shape index (κ2) is 5.24. The monoisotopic (exact) mass is 248 g/mol. The Hall–Kier alpha value is -1.13. The van der Waals surface area contributed by atoms with E-state index in [9.17, 15) is 4.79 Å². The van der Waals surface area contributed by atoms with Crippen LogP contribution in [0.3, 0.4) is 0 Å². The number of nitrogens with zero attached hydrogens (tertiary/aromatic N) is 2. The molecule has 0 aromatic carbocycles. The van der Waals surface area contributed by atoms with Gasteiger partial charge in [-0.25, -0.2) is 0 Å². The number of likely N-dealkylation sites (tertiary alicyclic amines) is 2. The van der Waals surface area contributed by atoms with Crippen molar-refractivity contribution >= 4 is 5.78 Å². The summed E-state index contributed by atoms with van der Waals surface area (Å²) in [5.41, 5.74) is 0. The van der Waals surface area contributed by atoms with Gasteiger partial charge in [0.15, 0.2) is 5.76 Å². The van der Waals surface area contributed by atoms with E-state index in [1.54, 1.807) is 18.4 Å². The number of ketones is 1. The van der Waals surface area contributed by atoms with Crippen molar-refractivity contribution in [3.63, 3.8) is 0 Å². The highest BCUT2D eigenvalue weighted by Gasteiger charge is 2.30. The van der Waals surface area contributed by atoms with Crippen molar-refractivity contribution in [1.29, 1.82) is 0 Å². The molecule has 2 aliphatic rings. The van der Waals surface area contributed by atoms with Gasteiger partial charge < -0.3 is 4.42 Å². The normalized spacial score (nSPS) is 25.9. The Bertz CT molecular complexity index is 396. The lowest BCUT2D eigenvalue weighted by Crippen LogP contribution is -2.36. The van der Waals surface area contributed by atoms with Gasteiger partial charge in [0, 0.05) is 19.1 Å². The summed E-state index contributed by atoms with van der Waals surface area (Å²) in [5, 5.41) is 0. The highest BCUT2D eigenvalue weighted by Crippen LogP contribution is 2.20. The summed E-state index contributed by atoms with van der Waals surface area (Å²) < 4.78 is 5.15. The third-order valence-electron chi connectivity index (χ3n) is 4.07. The third kappa shape index (κ3) is 2.49. The zero-order valence-electron chi connectivity index (χ0n) is 10.7. The first-order chi connectivity index (χ1) is 8.83. The quantitative estimate of drug-likeness (QED) is 0.759. The summed E-state index contributed by atoms with van der Waals surface area (Å²) in [6.07, 6.45) is 5.43. The molecule has 0 saturated carbocycles. The molecule has 1 unspecified atom stereocenters. The number of carbonyl (C=O) groups is 1. The van der Waals surface area contributed by atoms with Gasteiger partial charge >= 0.3 is 0 Å². The molecule has 4 nitrogen and oxygen atoms in total. The average molecular weight is 248 g/mol. The van der Waals surface area contributed by atoms with Crippen LogP contribution in [-0.2, 0) is 0 Å². The van der Waals surface area contributed by atoms with Crippen LogP contribution in [0.15, 0.2) is 22.8 Å². The highest BCUT2D eigenvalue weighted by molar-refractivity contribution is 5.95. The maximum Gasteiger partial charge on any atom is 0.211 e. The van der Waals surface area contributed by atoms with E-state index in [1.807, 2.05) is 0 Å². The van der Waals surface area contributed by atoms with Gasteiger partial charge in [0.25, 0.3) is 0 Å². The lowest BCUT2D eigenvalue weighted by atomic mass is 10.2. The predicted octanol–water partition coefficient (Wildman–Crippen LogP) is 1.63. The first-order valence-electron chi connectivity index (χ1n) is 6.86. The molecule has 0 aliphatic carbocycles. The van der Waals surface area contributed by atoms with Crippen LogP contribution in [0.4, 0.5) is 0 Å². The van der Waals surface area contributed by atoms with Gasteiger partial charge in [-0.05, 0) is 44.5 Å². The molecular formula is C14H20N2O2. The molecule has 0 radical (unpaired) electrons. The van der Waals surface area contributed by atoms with E-state index in [0.717, 1.165) is 13.1 Å². The Balaban J connectivity index is 1.51. The number of Topliss-reactive ketones (excluding diaryl/α,β-unsaturated/α-hetero) is 1. The summed E-state index contributed by atoms with van der Waals surface area (Å²) in [7, 11) is 0. The summed E-state index contributed by atoms with van der Waals surface area (Å²) in [6.45, 7) is 5.05. The molecule has 2 saturated heterocycles. The minimum atomic E-state index is 0.0991. The Labute approximate surface area is 108 Å². The lowest BCUT2D eigenvalue weighted by molar-refractivity contribution is 0.0913. The van der Waals surface area contributed by atoms with Gasteiger partial charge in [0.1, 0.15) is 0 Å². The van der Waals surface area contributed by atoms with Crippen molar-refractivity contribution in [3.05, 3.63) is 24.2 Å². The molecule has 0 N–H and O–H groups in total. The van der Waals surface area contributed by atoms with Crippen molar-refractivity contribution in [2.75, 3.05) is 32.7 Å². The lowest BCUT2D eigenvalue weighted by Gasteiger charge is -2.23. The first kappa shape index (κ1) is 11.9. The van der Waals surface area contributed by atoms with E-state index < -0.39 is 0 Å². The Morgan fingerprint density at radius 1 is 1.33 bits per heavy atom. The predicted molar refractivity (Wildman–Crippen MR) is 68.7 cm³/mol. The molecule has 2 fully saturated rings. The fraction of sp³-hybridized carbons (Fsp3) is 0.643. The molecule has 2 aliphatic heterocycles. The van der Waals surface area contributed by atoms with Gasteiger partial charge in [-0.3, -0.25) is 14.6 Å². The number of carbonyl (C=O) groups excluding carboxylic acids is 1. The molecule has 98 valence electrons. The van der Waals surface area contributed by atoms with Gasteiger partial charge in [-0.1, -0.05) is 0 Å². The standard InChI is InChI=1S/C14H20N2O2/c17-13(14-4-3-9-18-14)11-15-8-5-12(10-15)16-6-1-2-7-16/h3-4,9,12H,1-2,5-8,10-11H2. The molecule has 1 atom stereocenters. The molecule has 0 bridgehead atoms. The van der Waals surface area contributed by atoms with Crippen molar-refractivity contribution in [2.45, 2.75) is 25.3 Å². The fourth-order valence-corrected chi connectivity index (χ4v) is 3.08. The minimum absolute atomic E-state index is 0.0991. The van der Waals surface area contributed by atoms with E-state index in [-0.39, 0.29) is 5.78 Å². The van der Waals surface area contributed by atoms with Crippen LogP contribution in [0, 0.1) is 0 Å². The molecule has 1 aromatic heterocycles. The molecule has 0 spiro atoms.